The lowest BCUT2D eigenvalue weighted by molar-refractivity contribution is 0.241. The standard InChI is InChI=1S/C17H34O2/c1-2-19-17-15-13-11-9-7-5-3-4-6-8-10-12-14-16-18/h2,18H,1,3-17H2. The van der Waals surface area contributed by atoms with Crippen LogP contribution in [0, 0.1) is 0 Å². The number of hydrogen-bond acceptors (Lipinski definition) is 2. The minimum Gasteiger partial charge on any atom is -0.502 e. The Morgan fingerprint density at radius 1 is 0.632 bits per heavy atom. The topological polar surface area (TPSA) is 29.5 Å². The molecule has 0 saturated heterocycles. The first-order chi connectivity index (χ1) is 9.41. The molecule has 0 aliphatic heterocycles. The van der Waals surface area contributed by atoms with E-state index in [2.05, 4.69) is 6.58 Å². The molecule has 0 rings (SSSR count). The van der Waals surface area contributed by atoms with E-state index in [-0.39, 0.29) is 0 Å². The normalized spacial score (nSPS) is 10.6. The van der Waals surface area contributed by atoms with Crippen molar-refractivity contribution in [1.82, 2.24) is 0 Å². The van der Waals surface area contributed by atoms with E-state index >= 15 is 0 Å². The summed E-state index contributed by atoms with van der Waals surface area (Å²) in [7, 11) is 0. The molecule has 0 radical (unpaired) electrons. The van der Waals surface area contributed by atoms with Gasteiger partial charge >= 0.3 is 0 Å². The Hall–Kier alpha value is -0.500. The van der Waals surface area contributed by atoms with Crippen LogP contribution in [0.4, 0.5) is 0 Å². The van der Waals surface area contributed by atoms with Crippen LogP contribution in [0.1, 0.15) is 83.5 Å². The first kappa shape index (κ1) is 18.5. The summed E-state index contributed by atoms with van der Waals surface area (Å²) in [5.41, 5.74) is 0. The van der Waals surface area contributed by atoms with E-state index in [1.165, 1.54) is 83.3 Å². The maximum absolute atomic E-state index is 8.66. The van der Waals surface area contributed by atoms with Crippen molar-refractivity contribution in [1.29, 1.82) is 0 Å². The molecule has 2 nitrogen and oxygen atoms in total. The van der Waals surface area contributed by atoms with Crippen LogP contribution in [-0.2, 0) is 4.74 Å². The quantitative estimate of drug-likeness (QED) is 0.308. The zero-order valence-electron chi connectivity index (χ0n) is 12.7. The SMILES string of the molecule is C=COCCCCCCCCCCCCCCCO. The van der Waals surface area contributed by atoms with Gasteiger partial charge in [-0.2, -0.15) is 0 Å². The van der Waals surface area contributed by atoms with Crippen LogP contribution in [-0.4, -0.2) is 18.3 Å². The van der Waals surface area contributed by atoms with Crippen molar-refractivity contribution in [2.24, 2.45) is 0 Å². The monoisotopic (exact) mass is 270 g/mol. The highest BCUT2D eigenvalue weighted by Gasteiger charge is 1.94. The molecule has 2 heteroatoms. The predicted molar refractivity (Wildman–Crippen MR) is 83.3 cm³/mol. The predicted octanol–water partition coefficient (Wildman–Crippen LogP) is 5.21. The van der Waals surface area contributed by atoms with Gasteiger partial charge in [-0.05, 0) is 12.8 Å². The van der Waals surface area contributed by atoms with E-state index in [1.807, 2.05) is 0 Å². The van der Waals surface area contributed by atoms with Crippen LogP contribution in [0.2, 0.25) is 0 Å². The van der Waals surface area contributed by atoms with E-state index in [4.69, 9.17) is 9.84 Å². The Balaban J connectivity index is 2.89. The minimum atomic E-state index is 0.361. The van der Waals surface area contributed by atoms with Gasteiger partial charge < -0.3 is 9.84 Å². The van der Waals surface area contributed by atoms with Crippen molar-refractivity contribution in [3.8, 4) is 0 Å². The van der Waals surface area contributed by atoms with Gasteiger partial charge in [0, 0.05) is 6.61 Å². The molecule has 0 unspecified atom stereocenters. The zero-order chi connectivity index (χ0) is 14.0. The second-order valence-electron chi connectivity index (χ2n) is 5.36. The fraction of sp³-hybridized carbons (Fsp3) is 0.882. The third-order valence-electron chi connectivity index (χ3n) is 3.54. The molecule has 0 amide bonds. The maximum atomic E-state index is 8.66. The van der Waals surface area contributed by atoms with E-state index in [9.17, 15) is 0 Å². The Labute approximate surface area is 120 Å². The molecule has 0 aliphatic carbocycles. The summed E-state index contributed by atoms with van der Waals surface area (Å²) in [6.45, 7) is 4.72. The molecule has 0 spiro atoms. The minimum absolute atomic E-state index is 0.361. The molecule has 0 fully saturated rings. The number of aliphatic hydroxyl groups is 1. The van der Waals surface area contributed by atoms with Gasteiger partial charge in [0.25, 0.3) is 0 Å². The van der Waals surface area contributed by atoms with Crippen molar-refractivity contribution >= 4 is 0 Å². The second-order valence-corrected chi connectivity index (χ2v) is 5.36. The van der Waals surface area contributed by atoms with Gasteiger partial charge in [-0.1, -0.05) is 77.2 Å². The summed E-state index contributed by atoms with van der Waals surface area (Å²) < 4.78 is 5.09. The fourth-order valence-electron chi connectivity index (χ4n) is 2.33. The average molecular weight is 270 g/mol. The lowest BCUT2D eigenvalue weighted by Crippen LogP contribution is -1.88. The van der Waals surface area contributed by atoms with E-state index in [1.54, 1.807) is 0 Å². The summed E-state index contributed by atoms with van der Waals surface area (Å²) >= 11 is 0. The Kier molecular flexibility index (Phi) is 17.0. The van der Waals surface area contributed by atoms with Crippen molar-refractivity contribution in [3.63, 3.8) is 0 Å². The molecule has 114 valence electrons. The average Bonchev–Trinajstić information content (AvgIpc) is 2.43. The van der Waals surface area contributed by atoms with Crippen LogP contribution in [0.15, 0.2) is 12.8 Å². The second kappa shape index (κ2) is 17.5. The van der Waals surface area contributed by atoms with E-state index < -0.39 is 0 Å². The Bertz CT molecular complexity index is 169. The third-order valence-corrected chi connectivity index (χ3v) is 3.54. The number of rotatable bonds is 16. The highest BCUT2D eigenvalue weighted by atomic mass is 16.5. The van der Waals surface area contributed by atoms with Crippen molar-refractivity contribution < 1.29 is 9.84 Å². The van der Waals surface area contributed by atoms with E-state index in [0.29, 0.717) is 6.61 Å². The first-order valence-corrected chi connectivity index (χ1v) is 8.25. The highest BCUT2D eigenvalue weighted by molar-refractivity contribution is 4.51. The Morgan fingerprint density at radius 2 is 1.00 bits per heavy atom. The largest absolute Gasteiger partial charge is 0.502 e. The lowest BCUT2D eigenvalue weighted by Gasteiger charge is -2.03. The molecule has 0 heterocycles. The molecular weight excluding hydrogens is 236 g/mol. The summed E-state index contributed by atoms with van der Waals surface area (Å²) in [5, 5.41) is 8.66. The van der Waals surface area contributed by atoms with Crippen LogP contribution in [0.25, 0.3) is 0 Å². The van der Waals surface area contributed by atoms with Gasteiger partial charge in [0.1, 0.15) is 0 Å². The smallest absolute Gasteiger partial charge is 0.0873 e. The number of ether oxygens (including phenoxy) is 1. The van der Waals surface area contributed by atoms with Crippen molar-refractivity contribution in [3.05, 3.63) is 12.8 Å². The lowest BCUT2D eigenvalue weighted by atomic mass is 10.0. The van der Waals surface area contributed by atoms with Crippen LogP contribution in [0.3, 0.4) is 0 Å². The molecule has 19 heavy (non-hydrogen) atoms. The first-order valence-electron chi connectivity index (χ1n) is 8.25. The summed E-state index contributed by atoms with van der Waals surface area (Å²) in [6, 6.07) is 0. The van der Waals surface area contributed by atoms with Gasteiger partial charge in [-0.15, -0.1) is 0 Å². The van der Waals surface area contributed by atoms with Gasteiger partial charge in [-0.25, -0.2) is 0 Å². The van der Waals surface area contributed by atoms with Gasteiger partial charge in [0.05, 0.1) is 12.9 Å². The maximum Gasteiger partial charge on any atom is 0.0873 e. The molecule has 0 aromatic carbocycles. The molecule has 1 N–H and O–H groups in total. The van der Waals surface area contributed by atoms with E-state index in [0.717, 1.165) is 13.0 Å². The summed E-state index contributed by atoms with van der Waals surface area (Å²) in [6.07, 6.45) is 18.5. The number of unbranched alkanes of at least 4 members (excludes halogenated alkanes) is 12. The fourth-order valence-corrected chi connectivity index (χ4v) is 2.33. The van der Waals surface area contributed by atoms with Crippen LogP contribution < -0.4 is 0 Å². The summed E-state index contributed by atoms with van der Waals surface area (Å²) in [5.74, 6) is 0. The van der Waals surface area contributed by atoms with Crippen molar-refractivity contribution in [2.75, 3.05) is 13.2 Å². The highest BCUT2D eigenvalue weighted by Crippen LogP contribution is 2.12. The van der Waals surface area contributed by atoms with Gasteiger partial charge in [-0.3, -0.25) is 0 Å². The van der Waals surface area contributed by atoms with Gasteiger partial charge in [0.2, 0.25) is 0 Å². The summed E-state index contributed by atoms with van der Waals surface area (Å²) in [4.78, 5) is 0. The molecule has 0 saturated carbocycles. The third kappa shape index (κ3) is 17.5. The van der Waals surface area contributed by atoms with Crippen LogP contribution >= 0.6 is 0 Å². The number of hydrogen-bond donors (Lipinski definition) is 1. The molecule has 0 aromatic heterocycles. The zero-order valence-corrected chi connectivity index (χ0v) is 12.7. The molecule has 0 bridgehead atoms. The van der Waals surface area contributed by atoms with Gasteiger partial charge in [0.15, 0.2) is 0 Å². The van der Waals surface area contributed by atoms with Crippen LogP contribution in [0.5, 0.6) is 0 Å². The molecular formula is C17H34O2. The Morgan fingerprint density at radius 3 is 1.37 bits per heavy atom. The molecule has 0 aliphatic rings. The number of aliphatic hydroxyl groups excluding tert-OH is 1. The molecule has 0 aromatic rings. The molecule has 0 atom stereocenters. The van der Waals surface area contributed by atoms with Crippen molar-refractivity contribution in [2.45, 2.75) is 83.5 Å².